The van der Waals surface area contributed by atoms with Gasteiger partial charge in [0.1, 0.15) is 16.1 Å². The maximum Gasteiger partial charge on any atom is 0.253 e. The van der Waals surface area contributed by atoms with E-state index in [-0.39, 0.29) is 21.5 Å². The molecule has 25 heavy (non-hydrogen) atoms. The second-order valence-corrected chi connectivity index (χ2v) is 9.71. The molecule has 1 aromatic carbocycles. The summed E-state index contributed by atoms with van der Waals surface area (Å²) in [5.41, 5.74) is -0.0437. The van der Waals surface area contributed by atoms with Gasteiger partial charge in [-0.2, -0.15) is 4.31 Å². The van der Waals surface area contributed by atoms with Crippen molar-refractivity contribution in [1.82, 2.24) is 4.31 Å². The van der Waals surface area contributed by atoms with Crippen molar-refractivity contribution in [3.63, 3.8) is 0 Å². The Morgan fingerprint density at radius 2 is 2.04 bits per heavy atom. The average molecular weight is 423 g/mol. The number of hydrogen-bond donors (Lipinski definition) is 1. The molecule has 1 amide bonds. The highest BCUT2D eigenvalue weighted by Gasteiger charge is 2.40. The molecule has 1 fully saturated rings. The third-order valence-corrected chi connectivity index (χ3v) is 7.65. The van der Waals surface area contributed by atoms with Gasteiger partial charge in [-0.15, -0.1) is 11.3 Å². The molecule has 5 nitrogen and oxygen atoms in total. The van der Waals surface area contributed by atoms with Crippen LogP contribution in [0.1, 0.15) is 12.8 Å². The van der Waals surface area contributed by atoms with Crippen LogP contribution in [0.4, 0.5) is 10.1 Å². The van der Waals surface area contributed by atoms with E-state index < -0.39 is 27.8 Å². The van der Waals surface area contributed by atoms with Gasteiger partial charge in [-0.05, 0) is 43.2 Å². The Morgan fingerprint density at radius 3 is 2.68 bits per heavy atom. The summed E-state index contributed by atoms with van der Waals surface area (Å²) in [5, 5.41) is 2.64. The number of halogens is 3. The molecule has 134 valence electrons. The number of nitrogens with one attached hydrogen (secondary N) is 1. The van der Waals surface area contributed by atoms with Crippen LogP contribution in [0.2, 0.25) is 9.36 Å². The van der Waals surface area contributed by atoms with Gasteiger partial charge in [-0.1, -0.05) is 23.2 Å². The first kappa shape index (κ1) is 18.6. The first-order chi connectivity index (χ1) is 11.8. The van der Waals surface area contributed by atoms with Crippen molar-refractivity contribution in [2.24, 2.45) is 0 Å². The zero-order chi connectivity index (χ0) is 18.2. The predicted molar refractivity (Wildman–Crippen MR) is 96.3 cm³/mol. The molecule has 0 unspecified atom stereocenters. The fourth-order valence-electron chi connectivity index (χ4n) is 2.65. The summed E-state index contributed by atoms with van der Waals surface area (Å²) >= 11 is 12.4. The van der Waals surface area contributed by atoms with Crippen molar-refractivity contribution in [2.45, 2.75) is 23.1 Å². The predicted octanol–water partition coefficient (Wildman–Crippen LogP) is 3.99. The van der Waals surface area contributed by atoms with Crippen LogP contribution in [-0.2, 0) is 14.8 Å². The van der Waals surface area contributed by atoms with E-state index in [1.807, 2.05) is 0 Å². The number of carbonyl (C=O) groups excluding carboxylic acids is 1. The van der Waals surface area contributed by atoms with Crippen molar-refractivity contribution in [2.75, 3.05) is 11.9 Å². The Kier molecular flexibility index (Phi) is 5.36. The molecule has 0 bridgehead atoms. The minimum atomic E-state index is -3.83. The van der Waals surface area contributed by atoms with Crippen molar-refractivity contribution in [1.29, 1.82) is 0 Å². The molecular formula is C15H13Cl2FN2O3S2. The first-order valence-corrected chi connectivity index (χ1v) is 10.3. The molecule has 1 saturated heterocycles. The van der Waals surface area contributed by atoms with E-state index >= 15 is 0 Å². The lowest BCUT2D eigenvalue weighted by Crippen LogP contribution is -2.43. The quantitative estimate of drug-likeness (QED) is 0.809. The van der Waals surface area contributed by atoms with Gasteiger partial charge >= 0.3 is 0 Å². The summed E-state index contributed by atoms with van der Waals surface area (Å²) < 4.78 is 40.9. The molecule has 0 aliphatic carbocycles. The third-order valence-electron chi connectivity index (χ3n) is 3.81. The second kappa shape index (κ2) is 7.20. The van der Waals surface area contributed by atoms with Gasteiger partial charge in [0.05, 0.1) is 10.0 Å². The Balaban J connectivity index is 1.82. The van der Waals surface area contributed by atoms with Gasteiger partial charge in [0, 0.05) is 11.6 Å². The van der Waals surface area contributed by atoms with E-state index in [2.05, 4.69) is 5.32 Å². The number of carbonyl (C=O) groups is 1. The topological polar surface area (TPSA) is 66.5 Å². The zero-order valence-electron chi connectivity index (χ0n) is 12.7. The fraction of sp³-hybridized carbons (Fsp3) is 0.267. The first-order valence-electron chi connectivity index (χ1n) is 7.32. The summed E-state index contributed by atoms with van der Waals surface area (Å²) in [6.45, 7) is 0.221. The van der Waals surface area contributed by atoms with Crippen molar-refractivity contribution in [3.8, 4) is 0 Å². The van der Waals surface area contributed by atoms with Crippen LogP contribution in [-0.4, -0.2) is 31.2 Å². The molecule has 2 aromatic rings. The van der Waals surface area contributed by atoms with Crippen LogP contribution < -0.4 is 5.32 Å². The lowest BCUT2D eigenvalue weighted by molar-refractivity contribution is -0.119. The van der Waals surface area contributed by atoms with Crippen LogP contribution in [0, 0.1) is 5.82 Å². The lowest BCUT2D eigenvalue weighted by Gasteiger charge is -2.22. The van der Waals surface area contributed by atoms with E-state index in [0.29, 0.717) is 17.2 Å². The largest absolute Gasteiger partial charge is 0.322 e. The average Bonchev–Trinajstić information content (AvgIpc) is 3.19. The van der Waals surface area contributed by atoms with Crippen LogP contribution >= 0.6 is 34.5 Å². The molecule has 3 rings (SSSR count). The minimum absolute atomic E-state index is 0.0437. The lowest BCUT2D eigenvalue weighted by atomic mass is 10.2. The molecule has 1 aliphatic heterocycles. The number of nitrogens with zero attached hydrogens (tertiary/aromatic N) is 1. The number of sulfonamides is 1. The maximum atomic E-state index is 13.9. The second-order valence-electron chi connectivity index (χ2n) is 5.45. The van der Waals surface area contributed by atoms with Crippen molar-refractivity contribution in [3.05, 3.63) is 45.5 Å². The summed E-state index contributed by atoms with van der Waals surface area (Å²) in [5.74, 6) is -1.26. The van der Waals surface area contributed by atoms with Crippen LogP contribution in [0.25, 0.3) is 0 Å². The number of amides is 1. The number of hydrogen-bond acceptors (Lipinski definition) is 4. The zero-order valence-corrected chi connectivity index (χ0v) is 15.9. The monoisotopic (exact) mass is 422 g/mol. The summed E-state index contributed by atoms with van der Waals surface area (Å²) in [6.07, 6.45) is 0.902. The number of thiophene rings is 1. The smallest absolute Gasteiger partial charge is 0.253 e. The molecule has 0 spiro atoms. The number of anilines is 1. The number of rotatable bonds is 4. The normalized spacial score (nSPS) is 18.4. The van der Waals surface area contributed by atoms with Crippen LogP contribution in [0.15, 0.2) is 34.5 Å². The Labute approximate surface area is 158 Å². The summed E-state index contributed by atoms with van der Waals surface area (Å²) in [4.78, 5) is 12.5. The SMILES string of the molecule is O=C(Nc1ccc(Cl)cc1F)[C@@H]1CCCN1S(=O)(=O)c1ccc(Cl)s1. The number of benzene rings is 1. The van der Waals surface area contributed by atoms with Crippen molar-refractivity contribution >= 4 is 56.2 Å². The third kappa shape index (κ3) is 3.83. The van der Waals surface area contributed by atoms with Gasteiger partial charge in [0.15, 0.2) is 0 Å². The molecule has 1 aromatic heterocycles. The molecule has 1 atom stereocenters. The maximum absolute atomic E-state index is 13.9. The van der Waals surface area contributed by atoms with Gasteiger partial charge in [0.2, 0.25) is 5.91 Å². The molecule has 0 saturated carbocycles. The van der Waals surface area contributed by atoms with E-state index in [1.54, 1.807) is 0 Å². The van der Waals surface area contributed by atoms with E-state index in [4.69, 9.17) is 23.2 Å². The van der Waals surface area contributed by atoms with E-state index in [1.165, 1.54) is 24.3 Å². The minimum Gasteiger partial charge on any atom is -0.322 e. The van der Waals surface area contributed by atoms with E-state index in [9.17, 15) is 17.6 Å². The Hall–Kier alpha value is -1.19. The molecule has 1 aliphatic rings. The van der Waals surface area contributed by atoms with Crippen molar-refractivity contribution < 1.29 is 17.6 Å². The highest BCUT2D eigenvalue weighted by Crippen LogP contribution is 2.32. The van der Waals surface area contributed by atoms with Crippen LogP contribution in [0.5, 0.6) is 0 Å². The van der Waals surface area contributed by atoms with Crippen LogP contribution in [0.3, 0.4) is 0 Å². The molecule has 1 N–H and O–H groups in total. The molecular weight excluding hydrogens is 410 g/mol. The van der Waals surface area contributed by atoms with Gasteiger partial charge in [-0.3, -0.25) is 4.79 Å². The molecule has 10 heteroatoms. The highest BCUT2D eigenvalue weighted by molar-refractivity contribution is 7.91. The molecule has 2 heterocycles. The Morgan fingerprint density at radius 1 is 1.28 bits per heavy atom. The standard InChI is InChI=1S/C15H13Cl2FN2O3S2/c16-9-3-4-11(10(18)8-9)19-15(21)12-2-1-7-20(12)25(22,23)14-6-5-13(17)24-14/h3-6,8,12H,1-2,7H2,(H,19,21)/t12-/m0/s1. The van der Waals surface area contributed by atoms with Gasteiger partial charge in [0.25, 0.3) is 10.0 Å². The fourth-order valence-corrected chi connectivity index (χ4v) is 6.08. The van der Waals surface area contributed by atoms with Gasteiger partial charge in [-0.25, -0.2) is 12.8 Å². The highest BCUT2D eigenvalue weighted by atomic mass is 35.5. The Bertz CT molecular complexity index is 917. The van der Waals surface area contributed by atoms with E-state index in [0.717, 1.165) is 21.7 Å². The summed E-state index contributed by atoms with van der Waals surface area (Å²) in [6, 6.07) is 5.86. The summed E-state index contributed by atoms with van der Waals surface area (Å²) in [7, 11) is -3.83. The molecule has 0 radical (unpaired) electrons. The van der Waals surface area contributed by atoms with Gasteiger partial charge < -0.3 is 5.32 Å².